The Morgan fingerprint density at radius 3 is 3.12 bits per heavy atom. The molecule has 2 bridgehead atoms. The van der Waals surface area contributed by atoms with E-state index in [9.17, 15) is 0 Å². The maximum Gasteiger partial charge on any atom is 0.119 e. The average molecular weight is 231 g/mol. The first kappa shape index (κ1) is 11.1. The predicted octanol–water partition coefficient (Wildman–Crippen LogP) is 2.87. The fraction of sp³-hybridized carbons (Fsp3) is 0.600. The van der Waals surface area contributed by atoms with Gasteiger partial charge in [-0.15, -0.1) is 0 Å². The van der Waals surface area contributed by atoms with Gasteiger partial charge in [0.1, 0.15) is 5.75 Å². The van der Waals surface area contributed by atoms with Crippen molar-refractivity contribution >= 4 is 0 Å². The number of methoxy groups -OCH3 is 1. The summed E-state index contributed by atoms with van der Waals surface area (Å²) < 4.78 is 5.36. The van der Waals surface area contributed by atoms with Gasteiger partial charge < -0.3 is 10.1 Å². The summed E-state index contributed by atoms with van der Waals surface area (Å²) in [5.74, 6) is 0.984. The van der Waals surface area contributed by atoms with Crippen LogP contribution in [0.1, 0.15) is 38.2 Å². The van der Waals surface area contributed by atoms with Crippen LogP contribution in [0.15, 0.2) is 24.3 Å². The molecule has 2 fully saturated rings. The van der Waals surface area contributed by atoms with Gasteiger partial charge in [0.2, 0.25) is 0 Å². The topological polar surface area (TPSA) is 21.3 Å². The largest absolute Gasteiger partial charge is 0.497 e. The summed E-state index contributed by atoms with van der Waals surface area (Å²) in [6, 6.07) is 9.97. The Labute approximate surface area is 103 Å². The molecule has 92 valence electrons. The summed E-state index contributed by atoms with van der Waals surface area (Å²) in [4.78, 5) is 0. The third-order valence-electron chi connectivity index (χ3n) is 4.75. The minimum absolute atomic E-state index is 0.345. The number of rotatable bonds is 2. The van der Waals surface area contributed by atoms with Gasteiger partial charge in [-0.25, -0.2) is 0 Å². The highest BCUT2D eigenvalue weighted by atomic mass is 16.5. The molecule has 1 heterocycles. The Morgan fingerprint density at radius 2 is 2.29 bits per heavy atom. The van der Waals surface area contributed by atoms with Crippen molar-refractivity contribution in [3.63, 3.8) is 0 Å². The molecule has 0 amide bonds. The van der Waals surface area contributed by atoms with Crippen LogP contribution in [0.2, 0.25) is 0 Å². The number of benzene rings is 1. The second kappa shape index (κ2) is 4.02. The van der Waals surface area contributed by atoms with E-state index in [0.29, 0.717) is 11.5 Å². The summed E-state index contributed by atoms with van der Waals surface area (Å²) in [5.41, 5.74) is 1.80. The molecule has 3 atom stereocenters. The minimum Gasteiger partial charge on any atom is -0.497 e. The van der Waals surface area contributed by atoms with Gasteiger partial charge >= 0.3 is 0 Å². The van der Waals surface area contributed by atoms with Crippen LogP contribution in [0.4, 0.5) is 0 Å². The van der Waals surface area contributed by atoms with Gasteiger partial charge in [0.25, 0.3) is 0 Å². The van der Waals surface area contributed by atoms with Crippen molar-refractivity contribution in [3.8, 4) is 5.75 Å². The zero-order chi connectivity index (χ0) is 11.9. The third-order valence-corrected chi connectivity index (χ3v) is 4.75. The van der Waals surface area contributed by atoms with E-state index in [4.69, 9.17) is 4.74 Å². The molecule has 1 saturated carbocycles. The van der Waals surface area contributed by atoms with E-state index in [1.807, 2.05) is 6.07 Å². The molecule has 1 aliphatic heterocycles. The van der Waals surface area contributed by atoms with Crippen LogP contribution in [-0.2, 0) is 5.41 Å². The van der Waals surface area contributed by atoms with E-state index in [1.54, 1.807) is 7.11 Å². The number of hydrogen-bond acceptors (Lipinski definition) is 2. The Morgan fingerprint density at radius 1 is 1.41 bits per heavy atom. The average Bonchev–Trinajstić information content (AvgIpc) is 2.60. The van der Waals surface area contributed by atoms with Gasteiger partial charge in [0.15, 0.2) is 0 Å². The third kappa shape index (κ3) is 1.66. The molecule has 0 spiro atoms. The molecule has 0 radical (unpaired) electrons. The summed E-state index contributed by atoms with van der Waals surface area (Å²) in [6.07, 6.45) is 5.29. The van der Waals surface area contributed by atoms with E-state index in [2.05, 4.69) is 30.4 Å². The molecular formula is C15H21NO. The van der Waals surface area contributed by atoms with Crippen molar-refractivity contribution in [2.45, 2.75) is 50.1 Å². The molecule has 1 N–H and O–H groups in total. The number of ether oxygens (including phenoxy) is 1. The SMILES string of the molecule is COc1cccc([C@@]23CCC[C@@H](C2)N[C@@H]3C)c1. The fourth-order valence-electron chi connectivity index (χ4n) is 3.80. The van der Waals surface area contributed by atoms with Crippen LogP contribution in [0.25, 0.3) is 0 Å². The van der Waals surface area contributed by atoms with Crippen LogP contribution in [0.5, 0.6) is 5.75 Å². The van der Waals surface area contributed by atoms with Crippen molar-refractivity contribution in [1.29, 1.82) is 0 Å². The maximum atomic E-state index is 5.36. The van der Waals surface area contributed by atoms with E-state index >= 15 is 0 Å². The molecule has 1 aromatic rings. The van der Waals surface area contributed by atoms with Crippen LogP contribution in [0, 0.1) is 0 Å². The Kier molecular flexibility index (Phi) is 2.62. The Balaban J connectivity index is 2.00. The normalized spacial score (nSPS) is 35.9. The molecule has 2 nitrogen and oxygen atoms in total. The molecule has 2 heteroatoms. The van der Waals surface area contributed by atoms with Crippen LogP contribution in [0.3, 0.4) is 0 Å². The van der Waals surface area contributed by atoms with Gasteiger partial charge in [0.05, 0.1) is 7.11 Å². The van der Waals surface area contributed by atoms with Crippen LogP contribution < -0.4 is 10.1 Å². The second-order valence-corrected chi connectivity index (χ2v) is 5.57. The first-order valence-corrected chi connectivity index (χ1v) is 6.65. The first-order chi connectivity index (χ1) is 8.24. The highest BCUT2D eigenvalue weighted by molar-refractivity contribution is 5.37. The monoisotopic (exact) mass is 231 g/mol. The van der Waals surface area contributed by atoms with Gasteiger partial charge in [0, 0.05) is 17.5 Å². The van der Waals surface area contributed by atoms with E-state index < -0.39 is 0 Å². The summed E-state index contributed by atoms with van der Waals surface area (Å²) in [7, 11) is 1.75. The van der Waals surface area contributed by atoms with Crippen molar-refractivity contribution in [1.82, 2.24) is 5.32 Å². The lowest BCUT2D eigenvalue weighted by Crippen LogP contribution is -2.37. The summed E-state index contributed by atoms with van der Waals surface area (Å²) in [5, 5.41) is 3.75. The predicted molar refractivity (Wildman–Crippen MR) is 69.5 cm³/mol. The summed E-state index contributed by atoms with van der Waals surface area (Å²) >= 11 is 0. The van der Waals surface area contributed by atoms with Crippen LogP contribution >= 0.6 is 0 Å². The number of hydrogen-bond donors (Lipinski definition) is 1. The first-order valence-electron chi connectivity index (χ1n) is 6.65. The lowest BCUT2D eigenvalue weighted by Gasteiger charge is -2.36. The second-order valence-electron chi connectivity index (χ2n) is 5.57. The van der Waals surface area contributed by atoms with E-state index in [0.717, 1.165) is 11.8 Å². The molecular weight excluding hydrogens is 210 g/mol. The lowest BCUT2D eigenvalue weighted by atomic mass is 9.68. The zero-order valence-electron chi connectivity index (χ0n) is 10.7. The fourth-order valence-corrected chi connectivity index (χ4v) is 3.80. The lowest BCUT2D eigenvalue weighted by molar-refractivity contribution is 0.318. The van der Waals surface area contributed by atoms with E-state index in [-0.39, 0.29) is 0 Å². The highest BCUT2D eigenvalue weighted by Crippen LogP contribution is 2.47. The van der Waals surface area contributed by atoms with E-state index in [1.165, 1.54) is 31.2 Å². The van der Waals surface area contributed by atoms with Crippen molar-refractivity contribution < 1.29 is 4.74 Å². The molecule has 3 rings (SSSR count). The van der Waals surface area contributed by atoms with Crippen molar-refractivity contribution in [2.24, 2.45) is 0 Å². The number of fused-ring (bicyclic) bond motifs is 2. The minimum atomic E-state index is 0.345. The Hall–Kier alpha value is -1.02. The zero-order valence-corrected chi connectivity index (χ0v) is 10.7. The maximum absolute atomic E-state index is 5.36. The van der Waals surface area contributed by atoms with Crippen molar-refractivity contribution in [2.75, 3.05) is 7.11 Å². The summed E-state index contributed by atoms with van der Waals surface area (Å²) in [6.45, 7) is 2.34. The van der Waals surface area contributed by atoms with Crippen LogP contribution in [-0.4, -0.2) is 19.2 Å². The highest BCUT2D eigenvalue weighted by Gasteiger charge is 2.48. The molecule has 17 heavy (non-hydrogen) atoms. The van der Waals surface area contributed by atoms with Gasteiger partial charge in [-0.2, -0.15) is 0 Å². The molecule has 1 aromatic carbocycles. The standard InChI is InChI=1S/C15H21NO/c1-11-15(8-4-6-13(10-15)16-11)12-5-3-7-14(9-12)17-2/h3,5,7,9,11,13,16H,4,6,8,10H2,1-2H3/t11-,13+,15+/m1/s1. The number of nitrogens with one attached hydrogen (secondary N) is 1. The quantitative estimate of drug-likeness (QED) is 0.845. The molecule has 0 unspecified atom stereocenters. The van der Waals surface area contributed by atoms with Gasteiger partial charge in [-0.3, -0.25) is 0 Å². The van der Waals surface area contributed by atoms with Gasteiger partial charge in [-0.1, -0.05) is 18.6 Å². The smallest absolute Gasteiger partial charge is 0.119 e. The molecule has 1 saturated heterocycles. The molecule has 2 aliphatic rings. The Bertz CT molecular complexity index is 417. The molecule has 1 aliphatic carbocycles. The van der Waals surface area contributed by atoms with Crippen molar-refractivity contribution in [3.05, 3.63) is 29.8 Å². The molecule has 0 aromatic heterocycles. The van der Waals surface area contributed by atoms with Gasteiger partial charge in [-0.05, 0) is 43.9 Å².